The molecule has 0 aliphatic carbocycles. The molecule has 0 radical (unpaired) electrons. The van der Waals surface area contributed by atoms with Gasteiger partial charge in [0.1, 0.15) is 0 Å². The van der Waals surface area contributed by atoms with Crippen LogP contribution in [0.15, 0.2) is 77.6 Å². The Hall–Kier alpha value is -2.48. The number of aliphatic imine (C=N–C) groups is 1. The number of hydrogen-bond acceptors (Lipinski definition) is 2. The Labute approximate surface area is 112 Å². The molecule has 0 saturated heterocycles. The summed E-state index contributed by atoms with van der Waals surface area (Å²) in [7, 11) is 0. The first kappa shape index (κ1) is 11.6. The molecule has 1 aromatic heterocycles. The maximum atomic E-state index is 4.48. The van der Waals surface area contributed by atoms with Gasteiger partial charge in [0.25, 0.3) is 0 Å². The first-order valence-electron chi connectivity index (χ1n) is 6.34. The highest BCUT2D eigenvalue weighted by Gasteiger charge is 2.12. The van der Waals surface area contributed by atoms with Crippen LogP contribution in [0.25, 0.3) is 6.08 Å². The second kappa shape index (κ2) is 5.44. The molecule has 0 amide bonds. The Bertz CT molecular complexity index is 637. The molecule has 1 aliphatic heterocycles. The Morgan fingerprint density at radius 1 is 0.947 bits per heavy atom. The van der Waals surface area contributed by atoms with Gasteiger partial charge in [-0.15, -0.1) is 0 Å². The van der Waals surface area contributed by atoms with E-state index in [4.69, 9.17) is 0 Å². The largest absolute Gasteiger partial charge is 0.255 e. The number of benzene rings is 1. The maximum absolute atomic E-state index is 4.48. The minimum absolute atomic E-state index is 0.893. The van der Waals surface area contributed by atoms with Crippen LogP contribution in [0.4, 0.5) is 0 Å². The van der Waals surface area contributed by atoms with Crippen molar-refractivity contribution in [2.75, 3.05) is 0 Å². The second-order valence-corrected chi connectivity index (χ2v) is 4.36. The summed E-state index contributed by atoms with van der Waals surface area (Å²) in [5.74, 6) is 0. The zero-order valence-electron chi connectivity index (χ0n) is 10.5. The fourth-order valence-electron chi connectivity index (χ4n) is 2.10. The van der Waals surface area contributed by atoms with Gasteiger partial charge in [0.05, 0.1) is 11.4 Å². The quantitative estimate of drug-likeness (QED) is 0.789. The van der Waals surface area contributed by atoms with Crippen molar-refractivity contribution >= 4 is 11.8 Å². The molecule has 0 bridgehead atoms. The summed E-state index contributed by atoms with van der Waals surface area (Å²) >= 11 is 0. The lowest BCUT2D eigenvalue weighted by atomic mass is 9.99. The number of pyridine rings is 1. The highest BCUT2D eigenvalue weighted by Crippen LogP contribution is 2.19. The van der Waals surface area contributed by atoms with E-state index in [0.717, 1.165) is 17.8 Å². The summed E-state index contributed by atoms with van der Waals surface area (Å²) in [6.07, 6.45) is 8.80. The van der Waals surface area contributed by atoms with E-state index in [9.17, 15) is 0 Å². The third-order valence-electron chi connectivity index (χ3n) is 3.00. The normalized spacial score (nSPS) is 16.4. The van der Waals surface area contributed by atoms with Gasteiger partial charge < -0.3 is 0 Å². The molecule has 0 unspecified atom stereocenters. The molecule has 2 nitrogen and oxygen atoms in total. The van der Waals surface area contributed by atoms with Crippen LogP contribution >= 0.6 is 0 Å². The molecule has 3 rings (SSSR count). The van der Waals surface area contributed by atoms with Crippen molar-refractivity contribution < 1.29 is 0 Å². The van der Waals surface area contributed by atoms with Crippen LogP contribution in [0.3, 0.4) is 0 Å². The highest BCUT2D eigenvalue weighted by molar-refractivity contribution is 6.14. The lowest BCUT2D eigenvalue weighted by molar-refractivity contribution is 1.22. The van der Waals surface area contributed by atoms with Crippen molar-refractivity contribution in [2.45, 2.75) is 6.42 Å². The third-order valence-corrected chi connectivity index (χ3v) is 3.00. The molecular formula is C17H14N2. The van der Waals surface area contributed by atoms with E-state index >= 15 is 0 Å². The summed E-state index contributed by atoms with van der Waals surface area (Å²) < 4.78 is 0. The predicted octanol–water partition coefficient (Wildman–Crippen LogP) is 3.87. The Morgan fingerprint density at radius 2 is 1.79 bits per heavy atom. The van der Waals surface area contributed by atoms with Gasteiger partial charge >= 0.3 is 0 Å². The van der Waals surface area contributed by atoms with E-state index in [0.29, 0.717) is 0 Å². The van der Waals surface area contributed by atoms with Gasteiger partial charge in [-0.25, -0.2) is 0 Å². The molecule has 1 aliphatic rings. The van der Waals surface area contributed by atoms with Crippen LogP contribution < -0.4 is 0 Å². The van der Waals surface area contributed by atoms with Gasteiger partial charge in [0.2, 0.25) is 0 Å². The van der Waals surface area contributed by atoms with Crippen molar-refractivity contribution in [3.05, 3.63) is 83.8 Å². The van der Waals surface area contributed by atoms with E-state index in [-0.39, 0.29) is 0 Å². The van der Waals surface area contributed by atoms with Crippen molar-refractivity contribution in [1.82, 2.24) is 4.98 Å². The van der Waals surface area contributed by atoms with Gasteiger partial charge in [0, 0.05) is 12.4 Å². The zero-order valence-corrected chi connectivity index (χ0v) is 10.5. The molecule has 0 fully saturated rings. The summed E-state index contributed by atoms with van der Waals surface area (Å²) in [4.78, 5) is 8.87. The number of hydrogen-bond donors (Lipinski definition) is 0. The molecule has 92 valence electrons. The van der Waals surface area contributed by atoms with E-state index in [2.05, 4.69) is 34.3 Å². The van der Waals surface area contributed by atoms with Crippen molar-refractivity contribution in [1.29, 1.82) is 0 Å². The monoisotopic (exact) mass is 246 g/mol. The fourth-order valence-corrected chi connectivity index (χ4v) is 2.10. The van der Waals surface area contributed by atoms with E-state index in [1.54, 1.807) is 6.20 Å². The summed E-state index contributed by atoms with van der Waals surface area (Å²) in [6, 6.07) is 16.2. The molecule has 0 spiro atoms. The van der Waals surface area contributed by atoms with Gasteiger partial charge in [-0.05, 0) is 35.8 Å². The van der Waals surface area contributed by atoms with Crippen molar-refractivity contribution in [3.8, 4) is 0 Å². The third kappa shape index (κ3) is 2.68. The minimum atomic E-state index is 0.893. The molecule has 2 aromatic rings. The average molecular weight is 246 g/mol. The van der Waals surface area contributed by atoms with Crippen LogP contribution in [0, 0.1) is 0 Å². The Balaban J connectivity index is 2.00. The molecule has 2 heteroatoms. The zero-order chi connectivity index (χ0) is 12.9. The minimum Gasteiger partial charge on any atom is -0.255 e. The second-order valence-electron chi connectivity index (χ2n) is 4.36. The highest BCUT2D eigenvalue weighted by atomic mass is 14.8. The van der Waals surface area contributed by atoms with Crippen LogP contribution in [0.1, 0.15) is 17.7 Å². The fraction of sp³-hybridized carbons (Fsp3) is 0.0588. The van der Waals surface area contributed by atoms with Gasteiger partial charge in [-0.2, -0.15) is 0 Å². The molecule has 2 heterocycles. The number of nitrogens with zero attached hydrogens (tertiary/aromatic N) is 2. The molecule has 19 heavy (non-hydrogen) atoms. The molecule has 0 saturated carbocycles. The Morgan fingerprint density at radius 3 is 2.58 bits per heavy atom. The van der Waals surface area contributed by atoms with Crippen LogP contribution in [0.2, 0.25) is 0 Å². The van der Waals surface area contributed by atoms with Gasteiger partial charge in [-0.3, -0.25) is 9.98 Å². The molecular weight excluding hydrogens is 232 g/mol. The summed E-state index contributed by atoms with van der Waals surface area (Å²) in [5.41, 5.74) is 4.28. The standard InChI is InChI=1S/C17H14N2/c1-2-7-14(8-3-1)13-15-9-6-12-19-17(15)16-10-4-5-11-18-16/h1-8,10-13H,9H2. The molecule has 0 atom stereocenters. The average Bonchev–Trinajstić information content (AvgIpc) is 2.50. The molecule has 0 N–H and O–H groups in total. The lowest BCUT2D eigenvalue weighted by Gasteiger charge is -2.11. The summed E-state index contributed by atoms with van der Waals surface area (Å²) in [5, 5.41) is 0. The maximum Gasteiger partial charge on any atom is 0.0921 e. The number of allylic oxidation sites excluding steroid dienone is 2. The number of aromatic nitrogens is 1. The van der Waals surface area contributed by atoms with E-state index in [1.807, 2.05) is 42.6 Å². The van der Waals surface area contributed by atoms with Crippen LogP contribution in [-0.4, -0.2) is 10.7 Å². The molecule has 1 aromatic carbocycles. The SMILES string of the molecule is C1=CN=C(c2ccccn2)C(=Cc2ccccc2)C1. The van der Waals surface area contributed by atoms with Crippen molar-refractivity contribution in [3.63, 3.8) is 0 Å². The topological polar surface area (TPSA) is 25.2 Å². The first-order chi connectivity index (χ1) is 9.43. The van der Waals surface area contributed by atoms with E-state index < -0.39 is 0 Å². The lowest BCUT2D eigenvalue weighted by Crippen LogP contribution is -2.08. The smallest absolute Gasteiger partial charge is 0.0921 e. The van der Waals surface area contributed by atoms with Gasteiger partial charge in [-0.1, -0.05) is 42.5 Å². The first-order valence-corrected chi connectivity index (χ1v) is 6.34. The predicted molar refractivity (Wildman–Crippen MR) is 79.0 cm³/mol. The number of rotatable bonds is 2. The van der Waals surface area contributed by atoms with Gasteiger partial charge in [0.15, 0.2) is 0 Å². The van der Waals surface area contributed by atoms with Crippen LogP contribution in [0.5, 0.6) is 0 Å². The summed E-state index contributed by atoms with van der Waals surface area (Å²) in [6.45, 7) is 0. The Kier molecular flexibility index (Phi) is 3.32. The van der Waals surface area contributed by atoms with Crippen molar-refractivity contribution in [2.24, 2.45) is 4.99 Å². The van der Waals surface area contributed by atoms with Crippen LogP contribution in [-0.2, 0) is 0 Å². The van der Waals surface area contributed by atoms with E-state index in [1.165, 1.54) is 11.1 Å².